The number of hydrogen-bond donors (Lipinski definition) is 1. The van der Waals surface area contributed by atoms with Gasteiger partial charge in [0.15, 0.2) is 0 Å². The second-order valence-corrected chi connectivity index (χ2v) is 8.35. The number of hydrogen-bond acceptors (Lipinski definition) is 2. The van der Waals surface area contributed by atoms with Crippen LogP contribution in [0.15, 0.2) is 0 Å². The second kappa shape index (κ2) is 3.18. The first-order chi connectivity index (χ1) is 3.56. The molecule has 0 unspecified atom stereocenters. The second-order valence-electron chi connectivity index (χ2n) is 1.94. The van der Waals surface area contributed by atoms with Gasteiger partial charge in [-0.05, 0) is 13.1 Å². The normalized spacial score (nSPS) is 10.8. The van der Waals surface area contributed by atoms with E-state index in [0.29, 0.717) is 6.61 Å². The van der Waals surface area contributed by atoms with Gasteiger partial charge in [-0.1, -0.05) is 5.92 Å². The SMILES string of the molecule is C#CCO[Si](C)(C)S. The molecule has 0 amide bonds. The third kappa shape index (κ3) is 6.09. The Balaban J connectivity index is 3.28. The maximum atomic E-state index is 5.15. The van der Waals surface area contributed by atoms with Gasteiger partial charge in [0, 0.05) is 0 Å². The molecule has 3 heteroatoms. The minimum Gasteiger partial charge on any atom is -0.397 e. The van der Waals surface area contributed by atoms with E-state index >= 15 is 0 Å². The third-order valence-corrected chi connectivity index (χ3v) is 1.75. The Morgan fingerprint density at radius 2 is 2.25 bits per heavy atom. The van der Waals surface area contributed by atoms with E-state index in [1.807, 2.05) is 13.1 Å². The Morgan fingerprint density at radius 1 is 1.75 bits per heavy atom. The van der Waals surface area contributed by atoms with Gasteiger partial charge in [0.2, 0.25) is 7.47 Å². The van der Waals surface area contributed by atoms with E-state index in [9.17, 15) is 0 Å². The predicted molar refractivity (Wildman–Crippen MR) is 41.3 cm³/mol. The van der Waals surface area contributed by atoms with Crippen LogP contribution < -0.4 is 0 Å². The van der Waals surface area contributed by atoms with E-state index in [2.05, 4.69) is 18.0 Å². The molecule has 0 spiro atoms. The third-order valence-electron chi connectivity index (χ3n) is 0.509. The van der Waals surface area contributed by atoms with Crippen molar-refractivity contribution in [3.8, 4) is 12.3 Å². The molecule has 0 radical (unpaired) electrons. The Labute approximate surface area is 56.6 Å². The van der Waals surface area contributed by atoms with Gasteiger partial charge in [0.25, 0.3) is 0 Å². The molecule has 0 bridgehead atoms. The molecule has 0 N–H and O–H groups in total. The fraction of sp³-hybridized carbons (Fsp3) is 0.600. The van der Waals surface area contributed by atoms with E-state index < -0.39 is 7.47 Å². The molecule has 0 heterocycles. The van der Waals surface area contributed by atoms with Crippen LogP contribution in [0.4, 0.5) is 0 Å². The average Bonchev–Trinajstić information content (AvgIpc) is 1.59. The lowest BCUT2D eigenvalue weighted by Gasteiger charge is -2.12. The first-order valence-corrected chi connectivity index (χ1v) is 6.56. The molecule has 0 aliphatic carbocycles. The summed E-state index contributed by atoms with van der Waals surface area (Å²) in [6.07, 6.45) is 4.95. The lowest BCUT2D eigenvalue weighted by Crippen LogP contribution is -2.22. The van der Waals surface area contributed by atoms with Gasteiger partial charge in [-0.15, -0.1) is 6.42 Å². The van der Waals surface area contributed by atoms with Crippen LogP contribution >= 0.6 is 12.1 Å². The summed E-state index contributed by atoms with van der Waals surface area (Å²) in [5.74, 6) is 2.39. The molecule has 0 rings (SSSR count). The van der Waals surface area contributed by atoms with E-state index in [1.54, 1.807) is 0 Å². The Bertz CT molecular complexity index is 100.0. The van der Waals surface area contributed by atoms with Crippen LogP contribution in [0.5, 0.6) is 0 Å². The number of terminal acetylenes is 1. The van der Waals surface area contributed by atoms with Crippen molar-refractivity contribution in [1.29, 1.82) is 0 Å². The summed E-state index contributed by atoms with van der Waals surface area (Å²) in [5, 5.41) is 0. The molecule has 0 saturated heterocycles. The molecule has 0 aromatic heterocycles. The van der Waals surface area contributed by atoms with Gasteiger partial charge in [-0.2, -0.15) is 12.1 Å². The molecule has 0 aromatic carbocycles. The summed E-state index contributed by atoms with van der Waals surface area (Å²) < 4.78 is 5.15. The van der Waals surface area contributed by atoms with E-state index in [0.717, 1.165) is 0 Å². The monoisotopic (exact) mass is 146 g/mol. The van der Waals surface area contributed by atoms with Crippen LogP contribution in [0.1, 0.15) is 0 Å². The highest BCUT2D eigenvalue weighted by atomic mass is 32.3. The van der Waals surface area contributed by atoms with Crippen LogP contribution in [-0.2, 0) is 4.43 Å². The van der Waals surface area contributed by atoms with Gasteiger partial charge >= 0.3 is 0 Å². The van der Waals surface area contributed by atoms with Crippen molar-refractivity contribution in [2.24, 2.45) is 0 Å². The molecule has 0 aliphatic heterocycles. The predicted octanol–water partition coefficient (Wildman–Crippen LogP) is 1.27. The fourth-order valence-corrected chi connectivity index (χ4v) is 0.848. The zero-order valence-corrected chi connectivity index (χ0v) is 7.03. The first kappa shape index (κ1) is 8.09. The van der Waals surface area contributed by atoms with Crippen LogP contribution in [0.2, 0.25) is 13.1 Å². The highest BCUT2D eigenvalue weighted by Crippen LogP contribution is 2.06. The number of rotatable bonds is 2. The van der Waals surface area contributed by atoms with Gasteiger partial charge in [0.1, 0.15) is 0 Å². The van der Waals surface area contributed by atoms with Gasteiger partial charge in [-0.25, -0.2) is 0 Å². The molecule has 0 aromatic rings. The van der Waals surface area contributed by atoms with Crippen molar-refractivity contribution >= 4 is 19.5 Å². The lowest BCUT2D eigenvalue weighted by atomic mass is 10.8. The minimum absolute atomic E-state index is 0.392. The van der Waals surface area contributed by atoms with Gasteiger partial charge < -0.3 is 4.43 Å². The average molecular weight is 146 g/mol. The Hall–Kier alpha value is 0.0869. The van der Waals surface area contributed by atoms with Crippen molar-refractivity contribution < 1.29 is 4.43 Å². The molecule has 0 atom stereocenters. The topological polar surface area (TPSA) is 9.23 Å². The Morgan fingerprint density at radius 3 is 2.38 bits per heavy atom. The Kier molecular flexibility index (Phi) is 3.21. The first-order valence-electron chi connectivity index (χ1n) is 2.36. The quantitative estimate of drug-likeness (QED) is 0.351. The maximum Gasteiger partial charge on any atom is 0.246 e. The fourth-order valence-electron chi connectivity index (χ4n) is 0.218. The van der Waals surface area contributed by atoms with Gasteiger partial charge in [0.05, 0.1) is 6.61 Å². The van der Waals surface area contributed by atoms with Crippen molar-refractivity contribution in [1.82, 2.24) is 0 Å². The summed E-state index contributed by atoms with van der Waals surface area (Å²) in [7, 11) is -1.63. The van der Waals surface area contributed by atoms with E-state index in [4.69, 9.17) is 10.8 Å². The summed E-state index contributed by atoms with van der Waals surface area (Å²) in [6, 6.07) is 0. The zero-order chi connectivity index (χ0) is 6.62. The molecule has 46 valence electrons. The molecule has 0 saturated carbocycles. The highest BCUT2D eigenvalue weighted by Gasteiger charge is 2.13. The van der Waals surface area contributed by atoms with E-state index in [1.165, 1.54) is 0 Å². The largest absolute Gasteiger partial charge is 0.397 e. The van der Waals surface area contributed by atoms with Crippen LogP contribution in [0.3, 0.4) is 0 Å². The van der Waals surface area contributed by atoms with Crippen molar-refractivity contribution in [3.63, 3.8) is 0 Å². The molecule has 1 nitrogen and oxygen atoms in total. The summed E-state index contributed by atoms with van der Waals surface area (Å²) >= 11 is 4.21. The van der Waals surface area contributed by atoms with Gasteiger partial charge in [-0.3, -0.25) is 0 Å². The highest BCUT2D eigenvalue weighted by molar-refractivity contribution is 8.13. The van der Waals surface area contributed by atoms with Crippen molar-refractivity contribution in [2.75, 3.05) is 6.61 Å². The summed E-state index contributed by atoms with van der Waals surface area (Å²) in [4.78, 5) is 0. The molecule has 0 aliphatic rings. The van der Waals surface area contributed by atoms with Crippen molar-refractivity contribution in [3.05, 3.63) is 0 Å². The van der Waals surface area contributed by atoms with Crippen LogP contribution in [0, 0.1) is 12.3 Å². The molecular weight excluding hydrogens is 136 g/mol. The lowest BCUT2D eigenvalue weighted by molar-refractivity contribution is 0.377. The molecular formula is C5H10OSSi. The van der Waals surface area contributed by atoms with Crippen LogP contribution in [0.25, 0.3) is 0 Å². The van der Waals surface area contributed by atoms with Crippen molar-refractivity contribution in [2.45, 2.75) is 13.1 Å². The van der Waals surface area contributed by atoms with Crippen LogP contribution in [-0.4, -0.2) is 14.1 Å². The summed E-state index contributed by atoms with van der Waals surface area (Å²) in [6.45, 7) is 4.35. The molecule has 8 heavy (non-hydrogen) atoms. The maximum absolute atomic E-state index is 5.15. The smallest absolute Gasteiger partial charge is 0.246 e. The molecule has 0 fully saturated rings. The number of thiol groups is 1. The minimum atomic E-state index is -1.63. The van der Waals surface area contributed by atoms with E-state index in [-0.39, 0.29) is 0 Å². The standard InChI is InChI=1S/C5H10OSSi/c1-4-5-6-8(2,3)7/h1,7H,5H2,2-3H3. The summed E-state index contributed by atoms with van der Waals surface area (Å²) in [5.41, 5.74) is 0. The zero-order valence-electron chi connectivity index (χ0n) is 5.14.